The molecule has 1 aliphatic heterocycles. The fourth-order valence-corrected chi connectivity index (χ4v) is 2.31. The van der Waals surface area contributed by atoms with E-state index in [2.05, 4.69) is 17.0 Å². The molecule has 0 aliphatic carbocycles. The molecule has 1 fully saturated rings. The molecule has 0 amide bonds. The van der Waals surface area contributed by atoms with E-state index in [1.165, 1.54) is 5.56 Å². The van der Waals surface area contributed by atoms with Crippen LogP contribution in [0, 0.1) is 0 Å². The second kappa shape index (κ2) is 5.43. The van der Waals surface area contributed by atoms with E-state index < -0.39 is 0 Å². The number of benzene rings is 1. The molecule has 0 saturated carbocycles. The average molecular weight is 221 g/mol. The Morgan fingerprint density at radius 1 is 1.38 bits per heavy atom. The van der Waals surface area contributed by atoms with Crippen LogP contribution in [0.4, 0.5) is 0 Å². The maximum absolute atomic E-state index is 9.33. The highest BCUT2D eigenvalue weighted by atomic mass is 16.5. The van der Waals surface area contributed by atoms with Gasteiger partial charge in [0.15, 0.2) is 0 Å². The van der Waals surface area contributed by atoms with Gasteiger partial charge in [-0.15, -0.1) is 0 Å². The van der Waals surface area contributed by atoms with Crippen molar-refractivity contribution in [2.45, 2.75) is 25.1 Å². The molecule has 2 unspecified atom stereocenters. The first-order valence-electron chi connectivity index (χ1n) is 5.75. The molecular weight excluding hydrogens is 202 g/mol. The van der Waals surface area contributed by atoms with Gasteiger partial charge in [0.05, 0.1) is 12.7 Å². The summed E-state index contributed by atoms with van der Waals surface area (Å²) in [5.41, 5.74) is 1.29. The predicted molar refractivity (Wildman–Crippen MR) is 63.1 cm³/mol. The Kier molecular flexibility index (Phi) is 3.93. The van der Waals surface area contributed by atoms with E-state index in [0.717, 1.165) is 19.5 Å². The molecule has 0 spiro atoms. The van der Waals surface area contributed by atoms with E-state index in [0.29, 0.717) is 0 Å². The van der Waals surface area contributed by atoms with Crippen LogP contribution < -0.4 is 0 Å². The van der Waals surface area contributed by atoms with Crippen LogP contribution in [0.3, 0.4) is 0 Å². The molecule has 0 bridgehead atoms. The summed E-state index contributed by atoms with van der Waals surface area (Å²) in [7, 11) is 1.74. The smallest absolute Gasteiger partial charge is 0.0714 e. The molecular formula is C13H19NO2. The Labute approximate surface area is 96.6 Å². The summed E-state index contributed by atoms with van der Waals surface area (Å²) >= 11 is 0. The summed E-state index contributed by atoms with van der Waals surface area (Å²) in [4.78, 5) is 2.30. The van der Waals surface area contributed by atoms with Crippen molar-refractivity contribution in [3.63, 3.8) is 0 Å². The minimum absolute atomic E-state index is 0.215. The lowest BCUT2D eigenvalue weighted by molar-refractivity contribution is 0.107. The van der Waals surface area contributed by atoms with E-state index in [1.54, 1.807) is 7.11 Å². The first-order chi connectivity index (χ1) is 7.83. The summed E-state index contributed by atoms with van der Waals surface area (Å²) in [5, 5.41) is 9.33. The van der Waals surface area contributed by atoms with Crippen molar-refractivity contribution in [2.75, 3.05) is 20.3 Å². The van der Waals surface area contributed by atoms with E-state index in [4.69, 9.17) is 4.74 Å². The van der Waals surface area contributed by atoms with E-state index in [-0.39, 0.29) is 18.8 Å². The lowest BCUT2D eigenvalue weighted by atomic mass is 10.2. The normalized spacial score (nSPS) is 26.1. The van der Waals surface area contributed by atoms with E-state index in [1.807, 2.05) is 18.2 Å². The van der Waals surface area contributed by atoms with E-state index in [9.17, 15) is 5.11 Å². The van der Waals surface area contributed by atoms with Gasteiger partial charge in [0.2, 0.25) is 0 Å². The fraction of sp³-hybridized carbons (Fsp3) is 0.538. The van der Waals surface area contributed by atoms with Crippen molar-refractivity contribution >= 4 is 0 Å². The van der Waals surface area contributed by atoms with Crippen molar-refractivity contribution in [3.05, 3.63) is 35.9 Å². The zero-order chi connectivity index (χ0) is 11.4. The summed E-state index contributed by atoms with van der Waals surface area (Å²) in [6.07, 6.45) is 1.20. The number of rotatable bonds is 4. The maximum atomic E-state index is 9.33. The van der Waals surface area contributed by atoms with Crippen molar-refractivity contribution < 1.29 is 9.84 Å². The van der Waals surface area contributed by atoms with Crippen LogP contribution in [-0.2, 0) is 11.3 Å². The van der Waals surface area contributed by atoms with Gasteiger partial charge in [-0.1, -0.05) is 30.3 Å². The quantitative estimate of drug-likeness (QED) is 0.831. The van der Waals surface area contributed by atoms with Gasteiger partial charge >= 0.3 is 0 Å². The number of nitrogens with zero attached hydrogens (tertiary/aromatic N) is 1. The van der Waals surface area contributed by atoms with E-state index >= 15 is 0 Å². The van der Waals surface area contributed by atoms with Crippen molar-refractivity contribution in [3.8, 4) is 0 Å². The second-order valence-electron chi connectivity index (χ2n) is 4.34. The number of hydrogen-bond donors (Lipinski definition) is 1. The second-order valence-corrected chi connectivity index (χ2v) is 4.34. The number of likely N-dealkylation sites (tertiary alicyclic amines) is 1. The SMILES string of the molecule is COC1CC(CO)N(Cc2ccccc2)C1. The molecule has 2 rings (SSSR count). The molecule has 1 saturated heterocycles. The number of methoxy groups -OCH3 is 1. The van der Waals surface area contributed by atoms with Gasteiger partial charge in [0.25, 0.3) is 0 Å². The van der Waals surface area contributed by atoms with Crippen LogP contribution in [-0.4, -0.2) is 42.4 Å². The molecule has 1 aromatic rings. The number of ether oxygens (including phenoxy) is 1. The molecule has 3 nitrogen and oxygen atoms in total. The Balaban J connectivity index is 1.98. The van der Waals surface area contributed by atoms with Crippen molar-refractivity contribution in [1.29, 1.82) is 0 Å². The zero-order valence-corrected chi connectivity index (χ0v) is 9.67. The number of hydrogen-bond acceptors (Lipinski definition) is 3. The highest BCUT2D eigenvalue weighted by molar-refractivity contribution is 5.15. The zero-order valence-electron chi connectivity index (χ0n) is 9.67. The summed E-state index contributed by atoms with van der Waals surface area (Å²) in [5.74, 6) is 0. The lowest BCUT2D eigenvalue weighted by Crippen LogP contribution is -2.31. The number of aliphatic hydroxyl groups is 1. The van der Waals surface area contributed by atoms with Gasteiger partial charge in [-0.25, -0.2) is 0 Å². The summed E-state index contributed by atoms with van der Waals surface area (Å²) in [6.45, 7) is 2.02. The molecule has 88 valence electrons. The van der Waals surface area contributed by atoms with Crippen LogP contribution in [0.5, 0.6) is 0 Å². The standard InChI is InChI=1S/C13H19NO2/c1-16-13-7-12(10-15)14(9-13)8-11-5-3-2-4-6-11/h2-6,12-13,15H,7-10H2,1H3. The Morgan fingerprint density at radius 2 is 2.12 bits per heavy atom. The Hall–Kier alpha value is -0.900. The number of aliphatic hydroxyl groups excluding tert-OH is 1. The minimum atomic E-state index is 0.215. The Morgan fingerprint density at radius 3 is 2.75 bits per heavy atom. The molecule has 0 aromatic heterocycles. The predicted octanol–water partition coefficient (Wildman–Crippen LogP) is 1.27. The average Bonchev–Trinajstić information content (AvgIpc) is 2.73. The molecule has 1 aromatic carbocycles. The first-order valence-corrected chi connectivity index (χ1v) is 5.75. The molecule has 1 N–H and O–H groups in total. The van der Waals surface area contributed by atoms with Crippen LogP contribution in [0.2, 0.25) is 0 Å². The van der Waals surface area contributed by atoms with Gasteiger partial charge < -0.3 is 9.84 Å². The topological polar surface area (TPSA) is 32.7 Å². The summed E-state index contributed by atoms with van der Waals surface area (Å²) in [6, 6.07) is 10.6. The lowest BCUT2D eigenvalue weighted by Gasteiger charge is -2.22. The molecule has 16 heavy (non-hydrogen) atoms. The monoisotopic (exact) mass is 221 g/mol. The van der Waals surface area contributed by atoms with Crippen LogP contribution in [0.25, 0.3) is 0 Å². The largest absolute Gasteiger partial charge is 0.395 e. The van der Waals surface area contributed by atoms with Crippen LogP contribution >= 0.6 is 0 Å². The van der Waals surface area contributed by atoms with Crippen LogP contribution in [0.15, 0.2) is 30.3 Å². The molecule has 1 aliphatic rings. The maximum Gasteiger partial charge on any atom is 0.0714 e. The molecule has 2 atom stereocenters. The highest BCUT2D eigenvalue weighted by Crippen LogP contribution is 2.21. The molecule has 0 radical (unpaired) electrons. The van der Waals surface area contributed by atoms with Gasteiger partial charge in [-0.2, -0.15) is 0 Å². The minimum Gasteiger partial charge on any atom is -0.395 e. The van der Waals surface area contributed by atoms with Gasteiger partial charge in [0.1, 0.15) is 0 Å². The highest BCUT2D eigenvalue weighted by Gasteiger charge is 2.31. The summed E-state index contributed by atoms with van der Waals surface area (Å²) < 4.78 is 5.36. The third-order valence-electron chi connectivity index (χ3n) is 3.26. The van der Waals surface area contributed by atoms with Gasteiger partial charge in [0, 0.05) is 26.2 Å². The fourth-order valence-electron chi connectivity index (χ4n) is 2.31. The van der Waals surface area contributed by atoms with Crippen LogP contribution in [0.1, 0.15) is 12.0 Å². The Bertz CT molecular complexity index is 315. The third-order valence-corrected chi connectivity index (χ3v) is 3.26. The van der Waals surface area contributed by atoms with Gasteiger partial charge in [-0.05, 0) is 12.0 Å². The molecule has 1 heterocycles. The van der Waals surface area contributed by atoms with Crippen molar-refractivity contribution in [2.24, 2.45) is 0 Å². The molecule has 3 heteroatoms. The first kappa shape index (κ1) is 11.6. The van der Waals surface area contributed by atoms with Gasteiger partial charge in [-0.3, -0.25) is 4.90 Å². The third kappa shape index (κ3) is 2.61. The van der Waals surface area contributed by atoms with Crippen molar-refractivity contribution in [1.82, 2.24) is 4.90 Å².